The SMILES string of the molecule is Cc1nnccc1C(=O)CC#N. The maximum atomic E-state index is 11.2. The summed E-state index contributed by atoms with van der Waals surface area (Å²) in [6.45, 7) is 1.69. The summed E-state index contributed by atoms with van der Waals surface area (Å²) in [5.74, 6) is -0.204. The molecule has 0 N–H and O–H groups in total. The van der Waals surface area contributed by atoms with Crippen molar-refractivity contribution in [2.75, 3.05) is 0 Å². The summed E-state index contributed by atoms with van der Waals surface area (Å²) < 4.78 is 0. The van der Waals surface area contributed by atoms with E-state index in [2.05, 4.69) is 10.2 Å². The highest BCUT2D eigenvalue weighted by Crippen LogP contribution is 2.04. The highest BCUT2D eigenvalue weighted by molar-refractivity contribution is 5.98. The molecule has 0 aromatic carbocycles. The van der Waals surface area contributed by atoms with Crippen LogP contribution in [0.5, 0.6) is 0 Å². The lowest BCUT2D eigenvalue weighted by Crippen LogP contribution is -2.02. The molecule has 0 bridgehead atoms. The Morgan fingerprint density at radius 1 is 1.75 bits per heavy atom. The normalized spacial score (nSPS) is 9.00. The Labute approximate surface area is 69.9 Å². The van der Waals surface area contributed by atoms with E-state index in [1.54, 1.807) is 19.1 Å². The van der Waals surface area contributed by atoms with Gasteiger partial charge in [0, 0.05) is 5.56 Å². The number of nitriles is 1. The number of rotatable bonds is 2. The first-order valence-corrected chi connectivity index (χ1v) is 3.44. The van der Waals surface area contributed by atoms with Crippen LogP contribution in [0.3, 0.4) is 0 Å². The van der Waals surface area contributed by atoms with Gasteiger partial charge in [-0.25, -0.2) is 0 Å². The fraction of sp³-hybridized carbons (Fsp3) is 0.250. The van der Waals surface area contributed by atoms with Gasteiger partial charge in [0.05, 0.1) is 24.4 Å². The Bertz CT molecular complexity index is 340. The van der Waals surface area contributed by atoms with Crippen molar-refractivity contribution in [3.63, 3.8) is 0 Å². The second-order valence-corrected chi connectivity index (χ2v) is 2.29. The fourth-order valence-corrected chi connectivity index (χ4v) is 0.864. The Balaban J connectivity index is 2.97. The lowest BCUT2D eigenvalue weighted by molar-refractivity contribution is 0.0996. The first kappa shape index (κ1) is 8.34. The average molecular weight is 161 g/mol. The van der Waals surface area contributed by atoms with E-state index < -0.39 is 0 Å². The number of aromatic nitrogens is 2. The van der Waals surface area contributed by atoms with Crippen LogP contribution < -0.4 is 0 Å². The van der Waals surface area contributed by atoms with Gasteiger partial charge in [-0.3, -0.25) is 4.79 Å². The molecule has 0 saturated heterocycles. The number of ketones is 1. The van der Waals surface area contributed by atoms with Gasteiger partial charge in [0.15, 0.2) is 5.78 Å². The highest BCUT2D eigenvalue weighted by atomic mass is 16.1. The van der Waals surface area contributed by atoms with E-state index >= 15 is 0 Å². The van der Waals surface area contributed by atoms with Crippen molar-refractivity contribution in [1.82, 2.24) is 10.2 Å². The van der Waals surface area contributed by atoms with E-state index in [0.717, 1.165) is 0 Å². The van der Waals surface area contributed by atoms with E-state index in [9.17, 15) is 4.79 Å². The summed E-state index contributed by atoms with van der Waals surface area (Å²) >= 11 is 0. The van der Waals surface area contributed by atoms with Gasteiger partial charge in [-0.05, 0) is 13.0 Å². The highest BCUT2D eigenvalue weighted by Gasteiger charge is 2.08. The molecule has 60 valence electrons. The lowest BCUT2D eigenvalue weighted by Gasteiger charge is -1.97. The maximum absolute atomic E-state index is 11.2. The Morgan fingerprint density at radius 2 is 2.50 bits per heavy atom. The van der Waals surface area contributed by atoms with Crippen LogP contribution in [0.2, 0.25) is 0 Å². The van der Waals surface area contributed by atoms with Gasteiger partial charge < -0.3 is 0 Å². The van der Waals surface area contributed by atoms with E-state index in [4.69, 9.17) is 5.26 Å². The third-order valence-electron chi connectivity index (χ3n) is 1.45. The topological polar surface area (TPSA) is 66.6 Å². The van der Waals surface area contributed by atoms with Crippen molar-refractivity contribution >= 4 is 5.78 Å². The van der Waals surface area contributed by atoms with Crippen LogP contribution in [0.1, 0.15) is 22.5 Å². The zero-order valence-corrected chi connectivity index (χ0v) is 6.61. The first-order valence-electron chi connectivity index (χ1n) is 3.44. The van der Waals surface area contributed by atoms with E-state index in [0.29, 0.717) is 11.3 Å². The number of hydrogen-bond donors (Lipinski definition) is 0. The summed E-state index contributed by atoms with van der Waals surface area (Å²) in [6, 6.07) is 3.37. The van der Waals surface area contributed by atoms with Crippen molar-refractivity contribution in [2.45, 2.75) is 13.3 Å². The third-order valence-corrected chi connectivity index (χ3v) is 1.45. The molecular weight excluding hydrogens is 154 g/mol. The smallest absolute Gasteiger partial charge is 0.178 e. The molecule has 0 aliphatic carbocycles. The number of nitrogens with zero attached hydrogens (tertiary/aromatic N) is 3. The van der Waals surface area contributed by atoms with Crippen molar-refractivity contribution in [3.05, 3.63) is 23.5 Å². The number of carbonyl (C=O) groups is 1. The monoisotopic (exact) mass is 161 g/mol. The van der Waals surface area contributed by atoms with Crippen molar-refractivity contribution in [3.8, 4) is 6.07 Å². The van der Waals surface area contributed by atoms with Crippen LogP contribution in [0.15, 0.2) is 12.3 Å². The zero-order chi connectivity index (χ0) is 8.97. The number of carbonyl (C=O) groups excluding carboxylic acids is 1. The molecule has 0 amide bonds. The summed E-state index contributed by atoms with van der Waals surface area (Å²) in [5.41, 5.74) is 1.05. The zero-order valence-electron chi connectivity index (χ0n) is 6.61. The van der Waals surface area contributed by atoms with Gasteiger partial charge in [-0.2, -0.15) is 15.5 Å². The second kappa shape index (κ2) is 3.58. The van der Waals surface area contributed by atoms with Crippen LogP contribution in [-0.4, -0.2) is 16.0 Å². The first-order chi connectivity index (χ1) is 5.75. The second-order valence-electron chi connectivity index (χ2n) is 2.29. The van der Waals surface area contributed by atoms with Crippen molar-refractivity contribution in [1.29, 1.82) is 5.26 Å². The largest absolute Gasteiger partial charge is 0.293 e. The van der Waals surface area contributed by atoms with Crippen molar-refractivity contribution < 1.29 is 4.79 Å². The van der Waals surface area contributed by atoms with E-state index in [-0.39, 0.29) is 12.2 Å². The molecule has 0 spiro atoms. The predicted molar refractivity (Wildman–Crippen MR) is 41.3 cm³/mol. The molecule has 0 unspecified atom stereocenters. The molecule has 0 radical (unpaired) electrons. The Morgan fingerprint density at radius 3 is 3.08 bits per heavy atom. The number of hydrogen-bond acceptors (Lipinski definition) is 4. The van der Waals surface area contributed by atoms with E-state index in [1.807, 2.05) is 0 Å². The van der Waals surface area contributed by atoms with Gasteiger partial charge in [0.2, 0.25) is 0 Å². The summed E-state index contributed by atoms with van der Waals surface area (Å²) in [6.07, 6.45) is 1.34. The molecular formula is C8H7N3O. The summed E-state index contributed by atoms with van der Waals surface area (Å²) in [7, 11) is 0. The minimum absolute atomic E-state index is 0.105. The Kier molecular flexibility index (Phi) is 2.49. The minimum atomic E-state index is -0.204. The molecule has 12 heavy (non-hydrogen) atoms. The standard InChI is InChI=1S/C8H7N3O/c1-6-7(3-5-10-11-6)8(12)2-4-9/h3,5H,2H2,1H3. The molecule has 1 aromatic heterocycles. The molecule has 0 aliphatic rings. The molecule has 1 aromatic rings. The Hall–Kier alpha value is -1.76. The van der Waals surface area contributed by atoms with Gasteiger partial charge >= 0.3 is 0 Å². The molecule has 0 fully saturated rings. The number of aryl methyl sites for hydroxylation is 1. The quantitative estimate of drug-likeness (QED) is 0.604. The van der Waals surface area contributed by atoms with Gasteiger partial charge in [-0.1, -0.05) is 0 Å². The van der Waals surface area contributed by atoms with Crippen LogP contribution in [0.4, 0.5) is 0 Å². The summed E-state index contributed by atoms with van der Waals surface area (Å²) in [5, 5.41) is 15.6. The third kappa shape index (κ3) is 1.64. The van der Waals surface area contributed by atoms with Crippen LogP contribution in [-0.2, 0) is 0 Å². The fourth-order valence-electron chi connectivity index (χ4n) is 0.864. The van der Waals surface area contributed by atoms with E-state index in [1.165, 1.54) is 6.20 Å². The molecule has 0 saturated carbocycles. The van der Waals surface area contributed by atoms with Crippen LogP contribution >= 0.6 is 0 Å². The minimum Gasteiger partial charge on any atom is -0.293 e. The molecule has 4 nitrogen and oxygen atoms in total. The molecule has 1 heterocycles. The molecule has 0 atom stereocenters. The number of Topliss-reactive ketones (excluding diaryl/α,β-unsaturated/α-hetero) is 1. The lowest BCUT2D eigenvalue weighted by atomic mass is 10.1. The van der Waals surface area contributed by atoms with Gasteiger partial charge in [0.1, 0.15) is 0 Å². The van der Waals surface area contributed by atoms with Crippen LogP contribution in [0, 0.1) is 18.3 Å². The maximum Gasteiger partial charge on any atom is 0.178 e. The molecule has 4 heteroatoms. The van der Waals surface area contributed by atoms with Gasteiger partial charge in [0.25, 0.3) is 0 Å². The molecule has 0 aliphatic heterocycles. The van der Waals surface area contributed by atoms with Crippen LogP contribution in [0.25, 0.3) is 0 Å². The van der Waals surface area contributed by atoms with Gasteiger partial charge in [-0.15, -0.1) is 0 Å². The summed E-state index contributed by atoms with van der Waals surface area (Å²) in [4.78, 5) is 11.2. The predicted octanol–water partition coefficient (Wildman–Crippen LogP) is 0.881. The molecule has 1 rings (SSSR count). The average Bonchev–Trinajstić information content (AvgIpc) is 2.05. The van der Waals surface area contributed by atoms with Crippen molar-refractivity contribution in [2.24, 2.45) is 0 Å².